The molecular weight excluding hydrogens is 304 g/mol. The third kappa shape index (κ3) is 5.87. The number of amides is 1. The highest BCUT2D eigenvalue weighted by Gasteiger charge is 2.31. The van der Waals surface area contributed by atoms with E-state index in [9.17, 15) is 9.90 Å². The summed E-state index contributed by atoms with van der Waals surface area (Å²) in [6.07, 6.45) is 5.37. The number of aliphatic hydroxyl groups is 1. The molecule has 1 aliphatic rings. The first-order chi connectivity index (χ1) is 11.5. The Labute approximate surface area is 144 Å². The number of aromatic nitrogens is 1. The van der Waals surface area contributed by atoms with Crippen molar-refractivity contribution in [1.82, 2.24) is 10.3 Å². The highest BCUT2D eigenvalue weighted by atomic mass is 16.5. The van der Waals surface area contributed by atoms with Gasteiger partial charge in [-0.25, -0.2) is 0 Å². The third-order valence-corrected chi connectivity index (χ3v) is 4.79. The van der Waals surface area contributed by atoms with Crippen LogP contribution in [-0.4, -0.2) is 42.4 Å². The molecule has 1 fully saturated rings. The van der Waals surface area contributed by atoms with Crippen LogP contribution in [0.2, 0.25) is 0 Å². The lowest BCUT2D eigenvalue weighted by molar-refractivity contribution is -0.131. The second-order valence-corrected chi connectivity index (χ2v) is 7.43. The number of hydrogen-bond acceptors (Lipinski definition) is 4. The molecule has 5 nitrogen and oxygen atoms in total. The van der Waals surface area contributed by atoms with E-state index in [2.05, 4.69) is 10.3 Å². The van der Waals surface area contributed by atoms with Crippen LogP contribution in [-0.2, 0) is 16.0 Å². The molecule has 1 aromatic heterocycles. The van der Waals surface area contributed by atoms with Crippen molar-refractivity contribution in [2.24, 2.45) is 17.3 Å². The number of nitrogens with one attached hydrogen (secondary N) is 1. The van der Waals surface area contributed by atoms with E-state index in [0.29, 0.717) is 18.9 Å². The van der Waals surface area contributed by atoms with Gasteiger partial charge in [0.2, 0.25) is 5.91 Å². The molecule has 1 amide bonds. The van der Waals surface area contributed by atoms with Crippen LogP contribution in [0.3, 0.4) is 0 Å². The molecule has 2 rings (SSSR count). The average molecular weight is 334 g/mol. The van der Waals surface area contributed by atoms with E-state index in [1.165, 1.54) is 0 Å². The van der Waals surface area contributed by atoms with Crippen LogP contribution in [0.25, 0.3) is 0 Å². The lowest BCUT2D eigenvalue weighted by Crippen LogP contribution is -2.41. The minimum atomic E-state index is -0.396. The van der Waals surface area contributed by atoms with Gasteiger partial charge in [-0.2, -0.15) is 0 Å². The Balaban J connectivity index is 1.80. The van der Waals surface area contributed by atoms with Gasteiger partial charge in [0.1, 0.15) is 0 Å². The zero-order valence-electron chi connectivity index (χ0n) is 14.8. The summed E-state index contributed by atoms with van der Waals surface area (Å²) in [5.41, 5.74) is 0.541. The van der Waals surface area contributed by atoms with Gasteiger partial charge in [0.05, 0.1) is 0 Å². The summed E-state index contributed by atoms with van der Waals surface area (Å²) in [6, 6.07) is 5.75. The summed E-state index contributed by atoms with van der Waals surface area (Å²) >= 11 is 0. The molecule has 24 heavy (non-hydrogen) atoms. The Morgan fingerprint density at radius 2 is 2.17 bits per heavy atom. The summed E-state index contributed by atoms with van der Waals surface area (Å²) in [5.74, 6) is 0.609. The van der Waals surface area contributed by atoms with Gasteiger partial charge in [-0.05, 0) is 43.7 Å². The van der Waals surface area contributed by atoms with Crippen LogP contribution >= 0.6 is 0 Å². The molecule has 134 valence electrons. The van der Waals surface area contributed by atoms with Crippen LogP contribution < -0.4 is 5.32 Å². The maximum Gasteiger partial charge on any atom is 0.225 e. The number of aliphatic hydroxyl groups excluding tert-OH is 1. The number of nitrogens with zero attached hydrogens (tertiary/aromatic N) is 1. The number of carbonyl (C=O) groups is 1. The zero-order chi connectivity index (χ0) is 17.4. The maximum absolute atomic E-state index is 12.6. The molecule has 0 bridgehead atoms. The molecule has 0 radical (unpaired) electrons. The molecule has 5 heteroatoms. The van der Waals surface area contributed by atoms with Crippen molar-refractivity contribution in [2.45, 2.75) is 39.5 Å². The van der Waals surface area contributed by atoms with Crippen LogP contribution in [0.15, 0.2) is 24.4 Å². The number of pyridine rings is 1. The van der Waals surface area contributed by atoms with E-state index in [-0.39, 0.29) is 18.4 Å². The SMILES string of the molecule is CC(C)(CC1CCOCC1)C(=O)NCC(CO)Cc1ccccn1. The summed E-state index contributed by atoms with van der Waals surface area (Å²) in [7, 11) is 0. The van der Waals surface area contributed by atoms with Crippen molar-refractivity contribution in [3.05, 3.63) is 30.1 Å². The Morgan fingerprint density at radius 1 is 1.42 bits per heavy atom. The summed E-state index contributed by atoms with van der Waals surface area (Å²) < 4.78 is 5.39. The normalized spacial score (nSPS) is 17.5. The first kappa shape index (κ1) is 18.9. The zero-order valence-corrected chi connectivity index (χ0v) is 14.8. The summed E-state index contributed by atoms with van der Waals surface area (Å²) in [4.78, 5) is 16.9. The fourth-order valence-electron chi connectivity index (χ4n) is 3.26. The molecular formula is C19H30N2O3. The van der Waals surface area contributed by atoms with Crippen molar-refractivity contribution in [3.63, 3.8) is 0 Å². The van der Waals surface area contributed by atoms with Gasteiger partial charge in [0.25, 0.3) is 0 Å². The molecule has 2 heterocycles. The standard InChI is InChI=1S/C19H30N2O3/c1-19(2,12-15-6-9-24-10-7-15)18(23)21-13-16(14-22)11-17-5-3-4-8-20-17/h3-5,8,15-16,22H,6-7,9-14H2,1-2H3,(H,21,23). The number of rotatable bonds is 8. The van der Waals surface area contributed by atoms with Crippen LogP contribution in [0.4, 0.5) is 0 Å². The minimum Gasteiger partial charge on any atom is -0.396 e. The predicted octanol–water partition coefficient (Wildman–Crippen LogP) is 2.19. The first-order valence-corrected chi connectivity index (χ1v) is 8.88. The van der Waals surface area contributed by atoms with E-state index in [0.717, 1.165) is 38.2 Å². The molecule has 1 unspecified atom stereocenters. The fraction of sp³-hybridized carbons (Fsp3) is 0.684. The molecule has 0 aliphatic carbocycles. The topological polar surface area (TPSA) is 71.5 Å². The number of carbonyl (C=O) groups excluding carboxylic acids is 1. The Morgan fingerprint density at radius 3 is 2.79 bits per heavy atom. The van der Waals surface area contributed by atoms with Crippen LogP contribution in [0, 0.1) is 17.3 Å². The fourth-order valence-corrected chi connectivity index (χ4v) is 3.26. The molecule has 1 atom stereocenters. The predicted molar refractivity (Wildman–Crippen MR) is 93.5 cm³/mol. The van der Waals surface area contributed by atoms with E-state index >= 15 is 0 Å². The van der Waals surface area contributed by atoms with Crippen molar-refractivity contribution in [2.75, 3.05) is 26.4 Å². The van der Waals surface area contributed by atoms with E-state index in [1.807, 2.05) is 32.0 Å². The third-order valence-electron chi connectivity index (χ3n) is 4.79. The van der Waals surface area contributed by atoms with E-state index < -0.39 is 5.41 Å². The van der Waals surface area contributed by atoms with Gasteiger partial charge in [0, 0.05) is 49.6 Å². The summed E-state index contributed by atoms with van der Waals surface area (Å²) in [5, 5.41) is 12.6. The van der Waals surface area contributed by atoms with Crippen molar-refractivity contribution in [1.29, 1.82) is 0 Å². The average Bonchev–Trinajstić information content (AvgIpc) is 2.59. The lowest BCUT2D eigenvalue weighted by Gasteiger charge is -2.31. The molecule has 1 aromatic rings. The Bertz CT molecular complexity index is 499. The van der Waals surface area contributed by atoms with Crippen molar-refractivity contribution < 1.29 is 14.6 Å². The molecule has 1 aliphatic heterocycles. The van der Waals surface area contributed by atoms with E-state index in [4.69, 9.17) is 4.74 Å². The van der Waals surface area contributed by atoms with Gasteiger partial charge >= 0.3 is 0 Å². The van der Waals surface area contributed by atoms with Crippen molar-refractivity contribution >= 4 is 5.91 Å². The van der Waals surface area contributed by atoms with Gasteiger partial charge in [0.15, 0.2) is 0 Å². The van der Waals surface area contributed by atoms with Crippen molar-refractivity contribution in [3.8, 4) is 0 Å². The molecule has 0 saturated carbocycles. The second-order valence-electron chi connectivity index (χ2n) is 7.43. The maximum atomic E-state index is 12.6. The van der Waals surface area contributed by atoms with E-state index in [1.54, 1.807) is 6.20 Å². The highest BCUT2D eigenvalue weighted by molar-refractivity contribution is 5.81. The molecule has 0 spiro atoms. The van der Waals surface area contributed by atoms with Gasteiger partial charge < -0.3 is 15.2 Å². The summed E-state index contributed by atoms with van der Waals surface area (Å²) in [6.45, 7) is 6.13. The van der Waals surface area contributed by atoms with Crippen LogP contribution in [0.1, 0.15) is 38.8 Å². The highest BCUT2D eigenvalue weighted by Crippen LogP contribution is 2.31. The second kappa shape index (κ2) is 9.14. The van der Waals surface area contributed by atoms with Gasteiger partial charge in [-0.15, -0.1) is 0 Å². The molecule has 0 aromatic carbocycles. The van der Waals surface area contributed by atoms with Gasteiger partial charge in [-0.1, -0.05) is 19.9 Å². The Hall–Kier alpha value is -1.46. The first-order valence-electron chi connectivity index (χ1n) is 8.88. The smallest absolute Gasteiger partial charge is 0.225 e. The minimum absolute atomic E-state index is 0.0114. The molecule has 2 N–H and O–H groups in total. The number of ether oxygens (including phenoxy) is 1. The van der Waals surface area contributed by atoms with Gasteiger partial charge in [-0.3, -0.25) is 9.78 Å². The quantitative estimate of drug-likeness (QED) is 0.764. The Kier molecular flexibility index (Phi) is 7.18. The largest absolute Gasteiger partial charge is 0.396 e. The lowest BCUT2D eigenvalue weighted by atomic mass is 9.79. The van der Waals surface area contributed by atoms with Crippen LogP contribution in [0.5, 0.6) is 0 Å². The molecule has 1 saturated heterocycles. The number of hydrogen-bond donors (Lipinski definition) is 2. The monoisotopic (exact) mass is 334 g/mol.